The average molecular weight is 255 g/mol. The van der Waals surface area contributed by atoms with Crippen LogP contribution >= 0.6 is 0 Å². The zero-order valence-corrected chi connectivity index (χ0v) is 11.5. The molecule has 0 fully saturated rings. The Morgan fingerprint density at radius 1 is 1.24 bits per heavy atom. The van der Waals surface area contributed by atoms with E-state index in [1.807, 2.05) is 7.05 Å². The maximum absolute atomic E-state index is 11.1. The van der Waals surface area contributed by atoms with E-state index in [9.17, 15) is 8.42 Å². The Morgan fingerprint density at radius 2 is 1.82 bits per heavy atom. The predicted molar refractivity (Wildman–Crippen MR) is 71.9 cm³/mol. The zero-order valence-electron chi connectivity index (χ0n) is 10.7. The molecule has 1 N–H and O–H groups in total. The van der Waals surface area contributed by atoms with Crippen LogP contribution in [0, 0.1) is 6.92 Å². The predicted octanol–water partition coefficient (Wildman–Crippen LogP) is 2.08. The van der Waals surface area contributed by atoms with E-state index in [0.29, 0.717) is 6.42 Å². The number of hydrogen-bond donors (Lipinski definition) is 1. The minimum atomic E-state index is -2.84. The van der Waals surface area contributed by atoms with E-state index < -0.39 is 9.84 Å². The number of aryl methyl sites for hydroxylation is 1. The van der Waals surface area contributed by atoms with Crippen LogP contribution in [-0.4, -0.2) is 27.5 Å². The Labute approximate surface area is 104 Å². The molecule has 1 atom stereocenters. The molecule has 4 heteroatoms. The lowest BCUT2D eigenvalue weighted by molar-refractivity contribution is 0.536. The van der Waals surface area contributed by atoms with Crippen molar-refractivity contribution >= 4 is 9.84 Å². The van der Waals surface area contributed by atoms with Crippen LogP contribution < -0.4 is 5.32 Å². The van der Waals surface area contributed by atoms with Gasteiger partial charge >= 0.3 is 0 Å². The molecule has 1 aromatic rings. The minimum absolute atomic E-state index is 0.234. The standard InChI is InChI=1S/C13H21NO2S/c1-11-6-8-12(9-7-11)13(14-2)5-4-10-17(3,15)16/h6-9,13-14H,4-5,10H2,1-3H3. The van der Waals surface area contributed by atoms with Crippen LogP contribution in [0.3, 0.4) is 0 Å². The highest BCUT2D eigenvalue weighted by atomic mass is 32.2. The lowest BCUT2D eigenvalue weighted by atomic mass is 10.0. The van der Waals surface area contributed by atoms with Crippen LogP contribution in [0.4, 0.5) is 0 Å². The fourth-order valence-electron chi connectivity index (χ4n) is 1.83. The largest absolute Gasteiger partial charge is 0.313 e. The summed E-state index contributed by atoms with van der Waals surface area (Å²) >= 11 is 0. The first kappa shape index (κ1) is 14.2. The third kappa shape index (κ3) is 5.33. The zero-order chi connectivity index (χ0) is 12.9. The van der Waals surface area contributed by atoms with Gasteiger partial charge in [-0.1, -0.05) is 29.8 Å². The summed E-state index contributed by atoms with van der Waals surface area (Å²) < 4.78 is 22.1. The maximum Gasteiger partial charge on any atom is 0.147 e. The lowest BCUT2D eigenvalue weighted by Gasteiger charge is -2.16. The first-order valence-electron chi connectivity index (χ1n) is 5.84. The molecule has 0 amide bonds. The second kappa shape index (κ2) is 6.17. The summed E-state index contributed by atoms with van der Waals surface area (Å²) in [5, 5.41) is 3.23. The summed E-state index contributed by atoms with van der Waals surface area (Å²) in [6, 6.07) is 8.58. The highest BCUT2D eigenvalue weighted by molar-refractivity contribution is 7.90. The Morgan fingerprint density at radius 3 is 2.29 bits per heavy atom. The summed E-state index contributed by atoms with van der Waals surface area (Å²) in [5.41, 5.74) is 2.45. The summed E-state index contributed by atoms with van der Waals surface area (Å²) in [6.07, 6.45) is 2.82. The van der Waals surface area contributed by atoms with E-state index in [2.05, 4.69) is 36.5 Å². The van der Waals surface area contributed by atoms with Crippen molar-refractivity contribution in [1.29, 1.82) is 0 Å². The van der Waals surface area contributed by atoms with Crippen molar-refractivity contribution in [2.24, 2.45) is 0 Å². The topological polar surface area (TPSA) is 46.2 Å². The molecule has 17 heavy (non-hydrogen) atoms. The molecule has 0 radical (unpaired) electrons. The maximum atomic E-state index is 11.1. The van der Waals surface area contributed by atoms with Crippen LogP contribution in [0.1, 0.15) is 30.0 Å². The number of benzene rings is 1. The molecule has 0 bridgehead atoms. The van der Waals surface area contributed by atoms with Gasteiger partial charge in [-0.15, -0.1) is 0 Å². The molecule has 0 aliphatic rings. The summed E-state index contributed by atoms with van der Waals surface area (Å²) in [5.74, 6) is 0.261. The van der Waals surface area contributed by atoms with Crippen molar-refractivity contribution < 1.29 is 8.42 Å². The van der Waals surface area contributed by atoms with Crippen LogP contribution in [0.2, 0.25) is 0 Å². The van der Waals surface area contributed by atoms with Gasteiger partial charge < -0.3 is 5.32 Å². The summed E-state index contributed by atoms with van der Waals surface area (Å²) in [7, 11) is -0.937. The van der Waals surface area contributed by atoms with Gasteiger partial charge in [0.2, 0.25) is 0 Å². The fourth-order valence-corrected chi connectivity index (χ4v) is 2.52. The monoisotopic (exact) mass is 255 g/mol. The van der Waals surface area contributed by atoms with Gasteiger partial charge in [-0.2, -0.15) is 0 Å². The van der Waals surface area contributed by atoms with Crippen molar-refractivity contribution in [3.63, 3.8) is 0 Å². The number of nitrogens with one attached hydrogen (secondary N) is 1. The number of rotatable bonds is 6. The van der Waals surface area contributed by atoms with E-state index in [1.165, 1.54) is 17.4 Å². The van der Waals surface area contributed by atoms with E-state index >= 15 is 0 Å². The second-order valence-corrected chi connectivity index (χ2v) is 6.78. The Bertz CT molecular complexity index is 437. The van der Waals surface area contributed by atoms with Gasteiger partial charge in [0.05, 0.1) is 0 Å². The number of sulfone groups is 1. The highest BCUT2D eigenvalue weighted by Crippen LogP contribution is 2.18. The van der Waals surface area contributed by atoms with E-state index in [-0.39, 0.29) is 11.8 Å². The van der Waals surface area contributed by atoms with Crippen molar-refractivity contribution in [3.8, 4) is 0 Å². The van der Waals surface area contributed by atoms with Crippen LogP contribution in [-0.2, 0) is 9.84 Å². The number of hydrogen-bond acceptors (Lipinski definition) is 3. The van der Waals surface area contributed by atoms with Gasteiger partial charge in [-0.3, -0.25) is 0 Å². The SMILES string of the molecule is CNC(CCCS(C)(=O)=O)c1ccc(C)cc1. The van der Waals surface area contributed by atoms with Crippen molar-refractivity contribution in [1.82, 2.24) is 5.32 Å². The molecule has 1 unspecified atom stereocenters. The Kier molecular flexibility index (Phi) is 5.15. The van der Waals surface area contributed by atoms with Gasteiger partial charge in [0.25, 0.3) is 0 Å². The average Bonchev–Trinajstić information content (AvgIpc) is 2.24. The first-order valence-corrected chi connectivity index (χ1v) is 7.90. The van der Waals surface area contributed by atoms with E-state index in [4.69, 9.17) is 0 Å². The van der Waals surface area contributed by atoms with Crippen LogP contribution in [0.25, 0.3) is 0 Å². The Balaban J connectivity index is 2.57. The molecule has 0 aromatic heterocycles. The van der Waals surface area contributed by atoms with Crippen molar-refractivity contribution in [2.75, 3.05) is 19.1 Å². The molecule has 0 saturated heterocycles. The van der Waals surface area contributed by atoms with E-state index in [0.717, 1.165) is 6.42 Å². The van der Waals surface area contributed by atoms with Gasteiger partial charge in [0.1, 0.15) is 9.84 Å². The first-order chi connectivity index (χ1) is 7.92. The molecule has 0 spiro atoms. The molecular formula is C13H21NO2S. The Hall–Kier alpha value is -0.870. The molecule has 3 nitrogen and oxygen atoms in total. The molecule has 1 aromatic carbocycles. The highest BCUT2D eigenvalue weighted by Gasteiger charge is 2.10. The van der Waals surface area contributed by atoms with Crippen molar-refractivity contribution in [3.05, 3.63) is 35.4 Å². The van der Waals surface area contributed by atoms with Crippen LogP contribution in [0.5, 0.6) is 0 Å². The van der Waals surface area contributed by atoms with Crippen molar-refractivity contribution in [2.45, 2.75) is 25.8 Å². The fraction of sp³-hybridized carbons (Fsp3) is 0.538. The molecule has 96 valence electrons. The molecule has 0 aliphatic heterocycles. The minimum Gasteiger partial charge on any atom is -0.313 e. The third-order valence-corrected chi connectivity index (χ3v) is 3.87. The van der Waals surface area contributed by atoms with Gasteiger partial charge in [0.15, 0.2) is 0 Å². The molecule has 0 aliphatic carbocycles. The van der Waals surface area contributed by atoms with Gasteiger partial charge in [-0.05, 0) is 32.4 Å². The quantitative estimate of drug-likeness (QED) is 0.846. The molecule has 1 rings (SSSR count). The van der Waals surface area contributed by atoms with Gasteiger partial charge in [0, 0.05) is 18.1 Å². The summed E-state index contributed by atoms with van der Waals surface area (Å²) in [4.78, 5) is 0. The molecular weight excluding hydrogens is 234 g/mol. The second-order valence-electron chi connectivity index (χ2n) is 4.52. The van der Waals surface area contributed by atoms with E-state index in [1.54, 1.807) is 0 Å². The van der Waals surface area contributed by atoms with Crippen LogP contribution in [0.15, 0.2) is 24.3 Å². The molecule has 0 heterocycles. The lowest BCUT2D eigenvalue weighted by Crippen LogP contribution is -2.17. The third-order valence-electron chi connectivity index (χ3n) is 2.84. The normalized spacial score (nSPS) is 13.6. The van der Waals surface area contributed by atoms with Gasteiger partial charge in [-0.25, -0.2) is 8.42 Å². The summed E-state index contributed by atoms with van der Waals surface area (Å²) in [6.45, 7) is 2.06. The smallest absolute Gasteiger partial charge is 0.147 e. The molecule has 0 saturated carbocycles.